The third-order valence-electron chi connectivity index (χ3n) is 2.80. The molecule has 1 aliphatic rings. The molecule has 0 radical (unpaired) electrons. The lowest BCUT2D eigenvalue weighted by molar-refractivity contribution is 0.0639. The second-order valence-corrected chi connectivity index (χ2v) is 4.97. The Balaban J connectivity index is 1.87. The molecule has 3 heterocycles. The number of carboxylic acid groups (broad SMARTS) is 1. The Morgan fingerprint density at radius 1 is 1.35 bits per heavy atom. The highest BCUT2D eigenvalue weighted by Crippen LogP contribution is 2.23. The van der Waals surface area contributed by atoms with Crippen molar-refractivity contribution < 1.29 is 19.5 Å². The number of aromatic nitrogens is 2. The lowest BCUT2D eigenvalue weighted by atomic mass is 10.2. The van der Waals surface area contributed by atoms with Gasteiger partial charge in [0.05, 0.1) is 12.1 Å². The lowest BCUT2D eigenvalue weighted by Gasteiger charge is -2.10. The van der Waals surface area contributed by atoms with Crippen molar-refractivity contribution >= 4 is 29.1 Å². The number of amides is 2. The highest BCUT2D eigenvalue weighted by atomic mass is 32.1. The van der Waals surface area contributed by atoms with Gasteiger partial charge in [0.25, 0.3) is 11.8 Å². The smallest absolute Gasteiger partial charge is 0.355 e. The summed E-state index contributed by atoms with van der Waals surface area (Å²) < 4.78 is 0. The van der Waals surface area contributed by atoms with E-state index in [0.717, 1.165) is 16.2 Å². The maximum absolute atomic E-state index is 12.1. The summed E-state index contributed by atoms with van der Waals surface area (Å²) in [6.45, 7) is -0.0496. The molecule has 100 valence electrons. The first-order chi connectivity index (χ1) is 9.58. The van der Waals surface area contributed by atoms with Gasteiger partial charge in [-0.2, -0.15) is 0 Å². The number of imide groups is 1. The third kappa shape index (κ3) is 1.86. The number of pyridine rings is 1. The minimum absolute atomic E-state index is 0.0496. The highest BCUT2D eigenvalue weighted by Gasteiger charge is 2.37. The Kier molecular flexibility index (Phi) is 2.79. The molecule has 0 unspecified atom stereocenters. The maximum Gasteiger partial charge on any atom is 0.355 e. The van der Waals surface area contributed by atoms with Crippen LogP contribution in [-0.2, 0) is 6.54 Å². The van der Waals surface area contributed by atoms with Crippen LogP contribution in [0, 0.1) is 0 Å². The van der Waals surface area contributed by atoms with Crippen LogP contribution in [0.2, 0.25) is 0 Å². The molecule has 2 amide bonds. The number of carbonyl (C=O) groups is 3. The molecule has 8 heteroatoms. The van der Waals surface area contributed by atoms with E-state index < -0.39 is 17.8 Å². The van der Waals surface area contributed by atoms with Crippen molar-refractivity contribution in [3.05, 3.63) is 45.7 Å². The summed E-state index contributed by atoms with van der Waals surface area (Å²) in [7, 11) is 0. The van der Waals surface area contributed by atoms with Gasteiger partial charge in [0, 0.05) is 11.6 Å². The van der Waals surface area contributed by atoms with Crippen LogP contribution in [0.25, 0.3) is 0 Å². The topological polar surface area (TPSA) is 100 Å². The third-order valence-corrected chi connectivity index (χ3v) is 3.63. The van der Waals surface area contributed by atoms with Crippen LogP contribution in [0.15, 0.2) is 23.7 Å². The van der Waals surface area contributed by atoms with Crippen LogP contribution in [0.1, 0.15) is 36.3 Å². The van der Waals surface area contributed by atoms with Crippen LogP contribution in [-0.4, -0.2) is 37.8 Å². The van der Waals surface area contributed by atoms with Gasteiger partial charge in [-0.3, -0.25) is 19.5 Å². The van der Waals surface area contributed by atoms with Gasteiger partial charge in [0.2, 0.25) is 0 Å². The maximum atomic E-state index is 12.1. The molecule has 0 bridgehead atoms. The molecule has 0 saturated heterocycles. The minimum Gasteiger partial charge on any atom is -0.476 e. The monoisotopic (exact) mass is 289 g/mol. The highest BCUT2D eigenvalue weighted by molar-refractivity contribution is 7.09. The molecule has 0 spiro atoms. The van der Waals surface area contributed by atoms with E-state index in [1.54, 1.807) is 6.07 Å². The summed E-state index contributed by atoms with van der Waals surface area (Å²) in [5, 5.41) is 10.5. The first kappa shape index (κ1) is 12.4. The van der Waals surface area contributed by atoms with E-state index in [1.807, 2.05) is 0 Å². The van der Waals surface area contributed by atoms with E-state index >= 15 is 0 Å². The largest absolute Gasteiger partial charge is 0.476 e. The van der Waals surface area contributed by atoms with Gasteiger partial charge >= 0.3 is 5.97 Å². The molecular weight excluding hydrogens is 282 g/mol. The van der Waals surface area contributed by atoms with E-state index in [1.165, 1.54) is 17.6 Å². The zero-order valence-electron chi connectivity index (χ0n) is 9.94. The first-order valence-corrected chi connectivity index (χ1v) is 6.45. The molecule has 7 nitrogen and oxygen atoms in total. The predicted molar refractivity (Wildman–Crippen MR) is 67.5 cm³/mol. The molecular formula is C12H7N3O4S. The van der Waals surface area contributed by atoms with Crippen LogP contribution in [0.3, 0.4) is 0 Å². The molecule has 1 aliphatic heterocycles. The van der Waals surface area contributed by atoms with Gasteiger partial charge in [-0.25, -0.2) is 9.78 Å². The zero-order valence-corrected chi connectivity index (χ0v) is 10.8. The molecule has 20 heavy (non-hydrogen) atoms. The average molecular weight is 289 g/mol. The number of hydrogen-bond donors (Lipinski definition) is 1. The van der Waals surface area contributed by atoms with Crippen molar-refractivity contribution in [1.29, 1.82) is 0 Å². The number of hydrogen-bond acceptors (Lipinski definition) is 6. The second kappa shape index (κ2) is 4.49. The van der Waals surface area contributed by atoms with Gasteiger partial charge < -0.3 is 5.11 Å². The average Bonchev–Trinajstić information content (AvgIpc) is 3.00. The van der Waals surface area contributed by atoms with Gasteiger partial charge in [-0.1, -0.05) is 0 Å². The Hall–Kier alpha value is -2.61. The van der Waals surface area contributed by atoms with E-state index in [0.29, 0.717) is 5.01 Å². The SMILES string of the molecule is O=C(O)c1csc(CN2C(=O)c3cccnc3C2=O)n1. The van der Waals surface area contributed by atoms with Crippen LogP contribution < -0.4 is 0 Å². The van der Waals surface area contributed by atoms with Crippen molar-refractivity contribution in [2.45, 2.75) is 6.54 Å². The number of fused-ring (bicyclic) bond motifs is 1. The van der Waals surface area contributed by atoms with Gasteiger partial charge in [-0.05, 0) is 12.1 Å². The minimum atomic E-state index is -1.14. The fraction of sp³-hybridized carbons (Fsp3) is 0.0833. The number of thiazole rings is 1. The van der Waals surface area contributed by atoms with Crippen molar-refractivity contribution in [3.8, 4) is 0 Å². The number of rotatable bonds is 3. The summed E-state index contributed by atoms with van der Waals surface area (Å²) in [5.41, 5.74) is 0.278. The molecule has 0 fully saturated rings. The molecule has 3 rings (SSSR count). The van der Waals surface area contributed by atoms with Gasteiger partial charge in [-0.15, -0.1) is 11.3 Å². The van der Waals surface area contributed by atoms with Crippen molar-refractivity contribution in [1.82, 2.24) is 14.9 Å². The normalized spacial score (nSPS) is 13.7. The molecule has 1 N–H and O–H groups in total. The van der Waals surface area contributed by atoms with Crippen LogP contribution in [0.5, 0.6) is 0 Å². The fourth-order valence-electron chi connectivity index (χ4n) is 1.87. The molecule has 0 saturated carbocycles. The molecule has 0 aromatic carbocycles. The summed E-state index contributed by atoms with van der Waals surface area (Å²) in [5.74, 6) is -2.07. The Bertz CT molecular complexity index is 705. The van der Waals surface area contributed by atoms with Crippen molar-refractivity contribution in [2.75, 3.05) is 0 Å². The predicted octanol–water partition coefficient (Wildman–Crippen LogP) is 1.03. The van der Waals surface area contributed by atoms with Crippen molar-refractivity contribution in [3.63, 3.8) is 0 Å². The summed E-state index contributed by atoms with van der Waals surface area (Å²) >= 11 is 1.09. The first-order valence-electron chi connectivity index (χ1n) is 5.57. The van der Waals surface area contributed by atoms with Crippen LogP contribution >= 0.6 is 11.3 Å². The van der Waals surface area contributed by atoms with Crippen LogP contribution in [0.4, 0.5) is 0 Å². The number of nitrogens with zero attached hydrogens (tertiary/aromatic N) is 3. The van der Waals surface area contributed by atoms with Gasteiger partial charge in [0.15, 0.2) is 5.69 Å². The lowest BCUT2D eigenvalue weighted by Crippen LogP contribution is -2.29. The fourth-order valence-corrected chi connectivity index (χ4v) is 2.63. The Morgan fingerprint density at radius 2 is 2.15 bits per heavy atom. The number of carbonyl (C=O) groups excluding carboxylic acids is 2. The summed E-state index contributed by atoms with van der Waals surface area (Å²) in [6.07, 6.45) is 1.44. The summed E-state index contributed by atoms with van der Waals surface area (Å²) in [4.78, 5) is 43.6. The Labute approximate surface area is 116 Å². The van der Waals surface area contributed by atoms with Gasteiger partial charge in [0.1, 0.15) is 10.7 Å². The molecule has 2 aromatic rings. The number of carboxylic acids is 1. The quantitative estimate of drug-likeness (QED) is 0.847. The molecule has 2 aromatic heterocycles. The van der Waals surface area contributed by atoms with Crippen molar-refractivity contribution in [2.24, 2.45) is 0 Å². The summed E-state index contributed by atoms with van der Waals surface area (Å²) in [6, 6.07) is 3.12. The number of aromatic carboxylic acids is 1. The van der Waals surface area contributed by atoms with E-state index in [2.05, 4.69) is 9.97 Å². The Morgan fingerprint density at radius 3 is 2.80 bits per heavy atom. The van der Waals surface area contributed by atoms with E-state index in [-0.39, 0.29) is 23.5 Å². The molecule has 0 aliphatic carbocycles. The standard InChI is InChI=1S/C12H7N3O4S/c16-10-6-2-1-3-13-9(6)11(17)15(10)4-8-14-7(5-20-8)12(18)19/h1-3,5H,4H2,(H,18,19). The zero-order chi connectivity index (χ0) is 14.3. The van der Waals surface area contributed by atoms with E-state index in [9.17, 15) is 14.4 Å². The van der Waals surface area contributed by atoms with E-state index in [4.69, 9.17) is 5.11 Å². The second-order valence-electron chi connectivity index (χ2n) is 4.03. The molecule has 0 atom stereocenters.